The van der Waals surface area contributed by atoms with Crippen molar-refractivity contribution in [2.45, 2.75) is 76.0 Å². The molecule has 2 fully saturated rings. The molecule has 1 spiro atoms. The highest BCUT2D eigenvalue weighted by atomic mass is 16.6. The van der Waals surface area contributed by atoms with Crippen molar-refractivity contribution in [3.05, 3.63) is 120 Å². The minimum atomic E-state index is -1.56. The number of cyclic esters (lactones) is 1. The Labute approximate surface area is 322 Å². The van der Waals surface area contributed by atoms with Gasteiger partial charge in [-0.3, -0.25) is 19.2 Å². The fraction of sp³-hybridized carbons (Fsp3) is 0.409. The second-order valence-electron chi connectivity index (χ2n) is 14.7. The normalized spacial score (nSPS) is 29.2. The van der Waals surface area contributed by atoms with Crippen LogP contribution in [-0.4, -0.2) is 89.8 Å². The predicted molar refractivity (Wildman–Crippen MR) is 209 cm³/mol. The Morgan fingerprint density at radius 1 is 0.909 bits per heavy atom. The van der Waals surface area contributed by atoms with Gasteiger partial charge in [-0.25, -0.2) is 0 Å². The highest BCUT2D eigenvalue weighted by molar-refractivity contribution is 6.05. The molecule has 3 aromatic carbocycles. The molecule has 7 rings (SSSR count). The molecule has 288 valence electrons. The Kier molecular flexibility index (Phi) is 11.2. The van der Waals surface area contributed by atoms with Crippen molar-refractivity contribution in [3.8, 4) is 0 Å². The highest BCUT2D eigenvalue weighted by Crippen LogP contribution is 2.54. The first-order valence-electron chi connectivity index (χ1n) is 19.4. The Bertz CT molecular complexity index is 1910. The van der Waals surface area contributed by atoms with E-state index >= 15 is 9.59 Å². The summed E-state index contributed by atoms with van der Waals surface area (Å²) in [5.41, 5.74) is 1.70. The number of ether oxygens (including phenoxy) is 2. The number of carbonyl (C=O) groups is 4. The third kappa shape index (κ3) is 7.18. The summed E-state index contributed by atoms with van der Waals surface area (Å²) in [4.78, 5) is 63.4. The van der Waals surface area contributed by atoms with Gasteiger partial charge in [0.05, 0.1) is 30.7 Å². The van der Waals surface area contributed by atoms with Crippen LogP contribution in [0.5, 0.6) is 0 Å². The molecule has 4 heterocycles. The predicted octanol–water partition coefficient (Wildman–Crippen LogP) is 4.76. The van der Waals surface area contributed by atoms with E-state index in [0.29, 0.717) is 17.7 Å². The van der Waals surface area contributed by atoms with E-state index in [9.17, 15) is 14.7 Å². The fourth-order valence-corrected chi connectivity index (χ4v) is 8.84. The van der Waals surface area contributed by atoms with Crippen LogP contribution >= 0.6 is 0 Å². The van der Waals surface area contributed by atoms with Crippen LogP contribution in [0.2, 0.25) is 0 Å². The smallest absolute Gasteiger partial charge is 0.313 e. The van der Waals surface area contributed by atoms with E-state index in [1.54, 1.807) is 30.1 Å². The van der Waals surface area contributed by atoms with Crippen LogP contribution < -0.4 is 15.1 Å². The maximum atomic E-state index is 15.2. The minimum absolute atomic E-state index is 0.184. The van der Waals surface area contributed by atoms with Crippen LogP contribution in [0.1, 0.15) is 50.8 Å². The number of esters is 1. The lowest BCUT2D eigenvalue weighted by atomic mass is 9.77. The molecule has 55 heavy (non-hydrogen) atoms. The lowest BCUT2D eigenvalue weighted by Gasteiger charge is -2.38. The molecular formula is C44H50N4O7. The molecule has 2 N–H and O–H groups in total. The standard InChI is InChI=1S/C44H50N4O7/c1-4-46(5-2)32-21-23-33(24-22-32)47-26-14-25-44-38(41(51)48(40(44)42(47)52)34(28-49)27-30-15-8-6-9-16-30)37-35(55-44)19-12-13-20-36(50)45-29(3)39(54-43(37)53)31-17-10-7-11-18-31/h6-12,14-19,21-25,29,34-35,37-40,49H,4-5,13,20,26-28H2,1-3H3,(H,45,50)/b19-12-/t29-,34+,35-,37+,38+,39+,40-,44+/m0/s1. The Hall–Kier alpha value is -5.26. The minimum Gasteiger partial charge on any atom is -0.455 e. The number of allylic oxidation sites excluding steroid dienone is 1. The highest BCUT2D eigenvalue weighted by Gasteiger charge is 2.72. The van der Waals surface area contributed by atoms with Crippen molar-refractivity contribution < 1.29 is 33.8 Å². The molecule has 2 saturated heterocycles. The van der Waals surface area contributed by atoms with Gasteiger partial charge in [0.25, 0.3) is 5.91 Å². The van der Waals surface area contributed by atoms with E-state index in [0.717, 1.165) is 24.3 Å². The quantitative estimate of drug-likeness (QED) is 0.237. The van der Waals surface area contributed by atoms with E-state index in [1.165, 1.54) is 4.90 Å². The van der Waals surface area contributed by atoms with Crippen LogP contribution in [0.25, 0.3) is 0 Å². The van der Waals surface area contributed by atoms with Crippen LogP contribution in [0.3, 0.4) is 0 Å². The summed E-state index contributed by atoms with van der Waals surface area (Å²) < 4.78 is 13.3. The first kappa shape index (κ1) is 38.0. The maximum Gasteiger partial charge on any atom is 0.313 e. The number of amides is 3. The molecule has 4 aliphatic heterocycles. The summed E-state index contributed by atoms with van der Waals surface area (Å²) in [5, 5.41) is 14.0. The van der Waals surface area contributed by atoms with Crippen molar-refractivity contribution >= 4 is 35.1 Å². The van der Waals surface area contributed by atoms with Gasteiger partial charge in [-0.2, -0.15) is 0 Å². The average Bonchev–Trinajstić information content (AvgIpc) is 3.59. The summed E-state index contributed by atoms with van der Waals surface area (Å²) in [6.45, 7) is 7.44. The first-order chi connectivity index (χ1) is 26.7. The lowest BCUT2D eigenvalue weighted by Crippen LogP contribution is -2.58. The van der Waals surface area contributed by atoms with E-state index in [1.807, 2.05) is 91.0 Å². The largest absolute Gasteiger partial charge is 0.455 e. The maximum absolute atomic E-state index is 15.2. The van der Waals surface area contributed by atoms with Gasteiger partial charge in [-0.05, 0) is 69.0 Å². The molecule has 4 aliphatic rings. The van der Waals surface area contributed by atoms with Gasteiger partial charge in [0.1, 0.15) is 23.7 Å². The second-order valence-corrected chi connectivity index (χ2v) is 14.7. The Morgan fingerprint density at radius 2 is 1.60 bits per heavy atom. The molecule has 0 saturated carbocycles. The zero-order valence-electron chi connectivity index (χ0n) is 31.6. The summed E-state index contributed by atoms with van der Waals surface area (Å²) >= 11 is 0. The molecule has 11 heteroatoms. The van der Waals surface area contributed by atoms with Crippen LogP contribution in [0.15, 0.2) is 109 Å². The number of nitrogens with zero attached hydrogens (tertiary/aromatic N) is 3. The van der Waals surface area contributed by atoms with E-state index in [2.05, 4.69) is 24.1 Å². The monoisotopic (exact) mass is 746 g/mol. The molecule has 3 aromatic rings. The van der Waals surface area contributed by atoms with Gasteiger partial charge in [-0.1, -0.05) is 85.0 Å². The Morgan fingerprint density at radius 3 is 2.27 bits per heavy atom. The fourth-order valence-electron chi connectivity index (χ4n) is 8.84. The van der Waals surface area contributed by atoms with Gasteiger partial charge < -0.3 is 34.6 Å². The van der Waals surface area contributed by atoms with Gasteiger partial charge in [0, 0.05) is 37.4 Å². The van der Waals surface area contributed by atoms with Crippen molar-refractivity contribution in [2.75, 3.05) is 36.0 Å². The van der Waals surface area contributed by atoms with E-state index in [-0.39, 0.29) is 31.2 Å². The van der Waals surface area contributed by atoms with Crippen LogP contribution in [0.4, 0.5) is 11.4 Å². The molecule has 3 amide bonds. The number of anilines is 2. The van der Waals surface area contributed by atoms with Crippen molar-refractivity contribution in [3.63, 3.8) is 0 Å². The number of fused-ring (bicyclic) bond motifs is 2. The van der Waals surface area contributed by atoms with Crippen molar-refractivity contribution in [1.82, 2.24) is 10.2 Å². The summed E-state index contributed by atoms with van der Waals surface area (Å²) in [5.74, 6) is -3.95. The van der Waals surface area contributed by atoms with Crippen LogP contribution in [-0.2, 0) is 35.1 Å². The average molecular weight is 747 g/mol. The third-order valence-corrected chi connectivity index (χ3v) is 11.5. The number of nitrogens with one attached hydrogen (secondary N) is 1. The van der Waals surface area contributed by atoms with Crippen molar-refractivity contribution in [2.24, 2.45) is 11.8 Å². The molecule has 0 bridgehead atoms. The number of aliphatic hydroxyl groups excluding tert-OH is 1. The molecule has 8 atom stereocenters. The number of carbonyl (C=O) groups excluding carboxylic acids is 4. The topological polar surface area (TPSA) is 129 Å². The number of benzene rings is 3. The number of likely N-dealkylation sites (tertiary alicyclic amines) is 1. The number of hydrogen-bond donors (Lipinski definition) is 2. The summed E-state index contributed by atoms with van der Waals surface area (Å²) in [7, 11) is 0. The molecule has 11 nitrogen and oxygen atoms in total. The third-order valence-electron chi connectivity index (χ3n) is 11.5. The SMILES string of the molecule is CCN(CC)c1ccc(N2CC=C[C@@]34O[C@H]5/C=C\CCC(=O)N[C@@H](C)[C@H](c6ccccc6)OC(=O)[C@H]5[C@@H]3C(=O)N([C@@H](CO)Cc3ccccc3)[C@H]4C2=O)cc1. The van der Waals surface area contributed by atoms with Gasteiger partial charge in [-0.15, -0.1) is 0 Å². The summed E-state index contributed by atoms with van der Waals surface area (Å²) in [6, 6.07) is 23.9. The second kappa shape index (κ2) is 16.2. The molecule has 0 aromatic heterocycles. The lowest BCUT2D eigenvalue weighted by molar-refractivity contribution is -0.161. The van der Waals surface area contributed by atoms with E-state index in [4.69, 9.17) is 9.47 Å². The van der Waals surface area contributed by atoms with E-state index < -0.39 is 66.3 Å². The number of rotatable bonds is 9. The molecule has 0 aliphatic carbocycles. The molecule has 0 radical (unpaired) electrons. The molecular weight excluding hydrogens is 697 g/mol. The summed E-state index contributed by atoms with van der Waals surface area (Å²) in [6.07, 6.45) is 6.22. The Balaban J connectivity index is 1.32. The van der Waals surface area contributed by atoms with Gasteiger partial charge in [0.2, 0.25) is 11.8 Å². The molecule has 0 unspecified atom stereocenters. The van der Waals surface area contributed by atoms with Crippen LogP contribution in [0, 0.1) is 11.8 Å². The number of hydrogen-bond acceptors (Lipinski definition) is 8. The van der Waals surface area contributed by atoms with Gasteiger partial charge in [0.15, 0.2) is 0 Å². The van der Waals surface area contributed by atoms with Crippen molar-refractivity contribution in [1.29, 1.82) is 0 Å². The first-order valence-corrected chi connectivity index (χ1v) is 19.4. The van der Waals surface area contributed by atoms with Gasteiger partial charge >= 0.3 is 5.97 Å². The zero-order chi connectivity index (χ0) is 38.7. The zero-order valence-corrected chi connectivity index (χ0v) is 31.6. The number of aliphatic hydroxyl groups is 1.